The molecule has 110 valence electrons. The van der Waals surface area contributed by atoms with Crippen molar-refractivity contribution in [3.05, 3.63) is 29.8 Å². The number of hydrogen-bond donors (Lipinski definition) is 1. The Balaban J connectivity index is 2.40. The molecule has 20 heavy (non-hydrogen) atoms. The molecule has 0 fully saturated rings. The maximum absolute atomic E-state index is 11.9. The minimum atomic E-state index is -0.833. The fourth-order valence-corrected chi connectivity index (χ4v) is 1.93. The van der Waals surface area contributed by atoms with Gasteiger partial charge in [0.25, 0.3) is 0 Å². The zero-order chi connectivity index (χ0) is 15.0. The lowest BCUT2D eigenvalue weighted by atomic mass is 10.1. The highest BCUT2D eigenvalue weighted by atomic mass is 16.5. The molecular formula is C15H21NO4. The minimum Gasteiger partial charge on any atom is -0.496 e. The highest BCUT2D eigenvalue weighted by Gasteiger charge is 2.11. The number of carboxylic acids is 1. The topological polar surface area (TPSA) is 66.8 Å². The van der Waals surface area contributed by atoms with Gasteiger partial charge in [0.1, 0.15) is 5.75 Å². The number of carbonyl (C=O) groups is 2. The van der Waals surface area contributed by atoms with Crippen molar-refractivity contribution >= 4 is 11.9 Å². The van der Waals surface area contributed by atoms with Crippen molar-refractivity contribution in [3.8, 4) is 5.75 Å². The van der Waals surface area contributed by atoms with Gasteiger partial charge in [0.05, 0.1) is 7.11 Å². The Kier molecular flexibility index (Phi) is 6.56. The van der Waals surface area contributed by atoms with Crippen LogP contribution in [0, 0.1) is 0 Å². The number of methoxy groups -OCH3 is 1. The molecule has 1 aromatic carbocycles. The van der Waals surface area contributed by atoms with Crippen LogP contribution in [0.2, 0.25) is 0 Å². The van der Waals surface area contributed by atoms with E-state index in [2.05, 4.69) is 0 Å². The highest BCUT2D eigenvalue weighted by molar-refractivity contribution is 5.76. The molecule has 0 aromatic heterocycles. The lowest BCUT2D eigenvalue weighted by Crippen LogP contribution is -2.28. The third-order valence-electron chi connectivity index (χ3n) is 3.11. The van der Waals surface area contributed by atoms with Crippen LogP contribution in [0.5, 0.6) is 5.75 Å². The van der Waals surface area contributed by atoms with E-state index in [1.54, 1.807) is 19.1 Å². The van der Waals surface area contributed by atoms with E-state index >= 15 is 0 Å². The molecule has 0 bridgehead atoms. The number of carbonyl (C=O) groups excluding carboxylic acids is 1. The Labute approximate surface area is 119 Å². The van der Waals surface area contributed by atoms with Crippen LogP contribution in [0.25, 0.3) is 0 Å². The van der Waals surface area contributed by atoms with E-state index in [1.807, 2.05) is 24.3 Å². The third-order valence-corrected chi connectivity index (χ3v) is 3.11. The van der Waals surface area contributed by atoms with Crippen molar-refractivity contribution in [3.63, 3.8) is 0 Å². The largest absolute Gasteiger partial charge is 0.496 e. The number of aryl methyl sites for hydroxylation is 1. The van der Waals surface area contributed by atoms with E-state index in [9.17, 15) is 9.59 Å². The standard InChI is InChI=1S/C15H21NO4/c1-16(11-5-8-15(18)19)14(17)10-9-12-6-3-4-7-13(12)20-2/h3-4,6-7H,5,8-11H2,1-2H3,(H,18,19). The number of carboxylic acid groups (broad SMARTS) is 1. The summed E-state index contributed by atoms with van der Waals surface area (Å²) in [7, 11) is 3.31. The van der Waals surface area contributed by atoms with Gasteiger partial charge in [0.15, 0.2) is 0 Å². The fourth-order valence-electron chi connectivity index (χ4n) is 1.93. The summed E-state index contributed by atoms with van der Waals surface area (Å²) in [4.78, 5) is 23.9. The molecule has 1 N–H and O–H groups in total. The third kappa shape index (κ3) is 5.30. The molecule has 0 aliphatic heterocycles. The molecule has 1 rings (SSSR count). The molecule has 0 aliphatic carbocycles. The number of para-hydroxylation sites is 1. The first kappa shape index (κ1) is 16.0. The van der Waals surface area contributed by atoms with E-state index in [0.29, 0.717) is 25.8 Å². The number of ether oxygens (including phenoxy) is 1. The van der Waals surface area contributed by atoms with Crippen molar-refractivity contribution in [1.29, 1.82) is 0 Å². The lowest BCUT2D eigenvalue weighted by molar-refractivity contribution is -0.138. The highest BCUT2D eigenvalue weighted by Crippen LogP contribution is 2.19. The maximum Gasteiger partial charge on any atom is 0.303 e. The summed E-state index contributed by atoms with van der Waals surface area (Å²) in [5.41, 5.74) is 1.00. The van der Waals surface area contributed by atoms with E-state index in [4.69, 9.17) is 9.84 Å². The molecular weight excluding hydrogens is 258 g/mol. The summed E-state index contributed by atoms with van der Waals surface area (Å²) in [5.74, 6) is -0.0324. The Morgan fingerprint density at radius 2 is 1.95 bits per heavy atom. The first-order chi connectivity index (χ1) is 9.54. The maximum atomic E-state index is 11.9. The van der Waals surface area contributed by atoms with E-state index in [-0.39, 0.29) is 12.3 Å². The van der Waals surface area contributed by atoms with Gasteiger partial charge in [-0.15, -0.1) is 0 Å². The van der Waals surface area contributed by atoms with Gasteiger partial charge in [0, 0.05) is 26.4 Å². The van der Waals surface area contributed by atoms with Crippen molar-refractivity contribution < 1.29 is 19.4 Å². The molecule has 0 saturated heterocycles. The van der Waals surface area contributed by atoms with Crippen LogP contribution in [0.4, 0.5) is 0 Å². The zero-order valence-electron chi connectivity index (χ0n) is 12.0. The summed E-state index contributed by atoms with van der Waals surface area (Å²) in [6.45, 7) is 0.469. The van der Waals surface area contributed by atoms with Gasteiger partial charge in [-0.1, -0.05) is 18.2 Å². The van der Waals surface area contributed by atoms with Crippen LogP contribution in [-0.2, 0) is 16.0 Å². The monoisotopic (exact) mass is 279 g/mol. The van der Waals surface area contributed by atoms with Crippen LogP contribution in [0.15, 0.2) is 24.3 Å². The molecule has 0 aliphatic rings. The van der Waals surface area contributed by atoms with Crippen LogP contribution in [0.1, 0.15) is 24.8 Å². The number of hydrogen-bond acceptors (Lipinski definition) is 3. The molecule has 0 heterocycles. The first-order valence-corrected chi connectivity index (χ1v) is 6.62. The average Bonchev–Trinajstić information content (AvgIpc) is 2.44. The molecule has 0 unspecified atom stereocenters. The molecule has 0 radical (unpaired) electrons. The van der Waals surface area contributed by atoms with Crippen molar-refractivity contribution in [1.82, 2.24) is 4.90 Å². The molecule has 0 spiro atoms. The van der Waals surface area contributed by atoms with E-state index in [1.165, 1.54) is 0 Å². The van der Waals surface area contributed by atoms with Gasteiger partial charge in [-0.05, 0) is 24.5 Å². The molecule has 0 saturated carbocycles. The summed E-state index contributed by atoms with van der Waals surface area (Å²) in [6, 6.07) is 7.62. The van der Waals surface area contributed by atoms with Gasteiger partial charge in [-0.3, -0.25) is 9.59 Å². The molecule has 1 amide bonds. The van der Waals surface area contributed by atoms with Crippen molar-refractivity contribution in [2.24, 2.45) is 0 Å². The van der Waals surface area contributed by atoms with Crippen LogP contribution in [0.3, 0.4) is 0 Å². The number of rotatable bonds is 8. The summed E-state index contributed by atoms with van der Waals surface area (Å²) in [6.07, 6.45) is 1.58. The number of nitrogens with zero attached hydrogens (tertiary/aromatic N) is 1. The summed E-state index contributed by atoms with van der Waals surface area (Å²) in [5, 5.41) is 8.56. The van der Waals surface area contributed by atoms with Crippen LogP contribution < -0.4 is 4.74 Å². The van der Waals surface area contributed by atoms with Crippen molar-refractivity contribution in [2.45, 2.75) is 25.7 Å². The number of benzene rings is 1. The van der Waals surface area contributed by atoms with Crippen LogP contribution in [-0.4, -0.2) is 42.6 Å². The van der Waals surface area contributed by atoms with Crippen LogP contribution >= 0.6 is 0 Å². The minimum absolute atomic E-state index is 0.0151. The SMILES string of the molecule is COc1ccccc1CCC(=O)N(C)CCCC(=O)O. The first-order valence-electron chi connectivity index (χ1n) is 6.62. The summed E-state index contributed by atoms with van der Waals surface area (Å²) >= 11 is 0. The zero-order valence-corrected chi connectivity index (χ0v) is 12.0. The second-order valence-corrected chi connectivity index (χ2v) is 4.62. The second kappa shape index (κ2) is 8.19. The fraction of sp³-hybridized carbons (Fsp3) is 0.467. The predicted octanol–water partition coefficient (Wildman–Crippen LogP) is 1.95. The van der Waals surface area contributed by atoms with Gasteiger partial charge in [-0.2, -0.15) is 0 Å². The van der Waals surface area contributed by atoms with Gasteiger partial charge < -0.3 is 14.7 Å². The van der Waals surface area contributed by atoms with E-state index in [0.717, 1.165) is 11.3 Å². The van der Waals surface area contributed by atoms with Gasteiger partial charge in [-0.25, -0.2) is 0 Å². The predicted molar refractivity (Wildman–Crippen MR) is 75.8 cm³/mol. The van der Waals surface area contributed by atoms with Crippen molar-refractivity contribution in [2.75, 3.05) is 20.7 Å². The van der Waals surface area contributed by atoms with Gasteiger partial charge >= 0.3 is 5.97 Å². The smallest absolute Gasteiger partial charge is 0.303 e. The number of amides is 1. The molecule has 0 atom stereocenters. The molecule has 5 heteroatoms. The summed E-state index contributed by atoms with van der Waals surface area (Å²) < 4.78 is 5.24. The molecule has 1 aromatic rings. The van der Waals surface area contributed by atoms with Gasteiger partial charge in [0.2, 0.25) is 5.91 Å². The average molecular weight is 279 g/mol. The Morgan fingerprint density at radius 3 is 2.60 bits per heavy atom. The normalized spacial score (nSPS) is 10.1. The molecule has 5 nitrogen and oxygen atoms in total. The lowest BCUT2D eigenvalue weighted by Gasteiger charge is -2.17. The second-order valence-electron chi connectivity index (χ2n) is 4.62. The quantitative estimate of drug-likeness (QED) is 0.790. The Hall–Kier alpha value is -2.04. The Morgan fingerprint density at radius 1 is 1.25 bits per heavy atom. The number of aliphatic carboxylic acids is 1. The Bertz CT molecular complexity index is 459. The van der Waals surface area contributed by atoms with E-state index < -0.39 is 5.97 Å².